The van der Waals surface area contributed by atoms with Gasteiger partial charge in [-0.05, 0) is 44.7 Å². The molecule has 0 radical (unpaired) electrons. The molecule has 10 nitrogen and oxygen atoms in total. The summed E-state index contributed by atoms with van der Waals surface area (Å²) in [5.74, 6) is -2.85. The van der Waals surface area contributed by atoms with E-state index in [0.29, 0.717) is 13.0 Å². The van der Waals surface area contributed by atoms with E-state index in [2.05, 4.69) is 26.6 Å². The van der Waals surface area contributed by atoms with Gasteiger partial charge in [0.2, 0.25) is 29.5 Å². The molecule has 43 heavy (non-hydrogen) atoms. The van der Waals surface area contributed by atoms with Gasteiger partial charge in [0.05, 0.1) is 12.5 Å². The lowest BCUT2D eigenvalue weighted by atomic mass is 9.91. The highest BCUT2D eigenvalue weighted by Crippen LogP contribution is 2.20. The molecule has 1 saturated heterocycles. The quantitative estimate of drug-likeness (QED) is 0.241. The van der Waals surface area contributed by atoms with Crippen molar-refractivity contribution in [2.45, 2.75) is 84.0 Å². The first kappa shape index (κ1) is 33.5. The van der Waals surface area contributed by atoms with E-state index in [1.165, 1.54) is 0 Å². The molecular formula is C33H45N5O5. The Bertz CT molecular complexity index is 1260. The summed E-state index contributed by atoms with van der Waals surface area (Å²) < 4.78 is 0. The van der Waals surface area contributed by atoms with E-state index in [1.807, 2.05) is 81.4 Å². The minimum atomic E-state index is -1.03. The Morgan fingerprint density at radius 1 is 0.860 bits per heavy atom. The first-order chi connectivity index (χ1) is 20.3. The number of hydrogen-bond donors (Lipinski definition) is 5. The maximum Gasteiger partial charge on any atom is 0.245 e. The predicted molar refractivity (Wildman–Crippen MR) is 165 cm³/mol. The Balaban J connectivity index is 1.91. The second-order valence-electron chi connectivity index (χ2n) is 12.5. The smallest absolute Gasteiger partial charge is 0.245 e. The Morgan fingerprint density at radius 3 is 2.00 bits per heavy atom. The Morgan fingerprint density at radius 2 is 1.47 bits per heavy atom. The molecule has 2 aromatic rings. The van der Waals surface area contributed by atoms with Gasteiger partial charge in [-0.1, -0.05) is 74.5 Å². The molecule has 0 aromatic heterocycles. The number of hydrogen-bond acceptors (Lipinski definition) is 6. The van der Waals surface area contributed by atoms with Crippen molar-refractivity contribution in [2.24, 2.45) is 11.8 Å². The normalized spacial score (nSPS) is 17.0. The number of amides is 5. The summed E-state index contributed by atoms with van der Waals surface area (Å²) in [7, 11) is 0. The minimum Gasteiger partial charge on any atom is -0.356 e. The molecule has 1 heterocycles. The van der Waals surface area contributed by atoms with Crippen molar-refractivity contribution in [1.29, 1.82) is 0 Å². The molecule has 10 heteroatoms. The SMILES string of the molecule is CC(C)C(=O)NC(=O)[C@@H](NC(C)(C)C)[C@H](C[C@@H]1CCNC1=O)NC(=O)[C@H](Cc1ccccc1)NC(=O)Cc1ccccc1. The van der Waals surface area contributed by atoms with Crippen LogP contribution >= 0.6 is 0 Å². The van der Waals surface area contributed by atoms with E-state index in [4.69, 9.17) is 0 Å². The van der Waals surface area contributed by atoms with E-state index in [-0.39, 0.29) is 31.1 Å². The van der Waals surface area contributed by atoms with Gasteiger partial charge in [-0.3, -0.25) is 34.6 Å². The van der Waals surface area contributed by atoms with Crippen LogP contribution in [0, 0.1) is 11.8 Å². The average molecular weight is 592 g/mol. The van der Waals surface area contributed by atoms with E-state index in [1.54, 1.807) is 13.8 Å². The zero-order chi connectivity index (χ0) is 31.6. The van der Waals surface area contributed by atoms with Crippen molar-refractivity contribution in [3.05, 3.63) is 71.8 Å². The lowest BCUT2D eigenvalue weighted by molar-refractivity contribution is -0.135. The lowest BCUT2D eigenvalue weighted by Crippen LogP contribution is -2.64. The van der Waals surface area contributed by atoms with E-state index >= 15 is 0 Å². The molecule has 3 rings (SSSR count). The van der Waals surface area contributed by atoms with Gasteiger partial charge < -0.3 is 16.0 Å². The topological polar surface area (TPSA) is 146 Å². The number of nitrogens with one attached hydrogen (secondary N) is 5. The summed E-state index contributed by atoms with van der Waals surface area (Å²) in [5, 5.41) is 14.4. The van der Waals surface area contributed by atoms with Crippen LogP contribution < -0.4 is 26.6 Å². The minimum absolute atomic E-state index is 0.0962. The number of carbonyl (C=O) groups is 5. The van der Waals surface area contributed by atoms with E-state index in [0.717, 1.165) is 11.1 Å². The molecule has 5 amide bonds. The molecule has 1 aliphatic heterocycles. The van der Waals surface area contributed by atoms with Crippen LogP contribution in [0.4, 0.5) is 0 Å². The van der Waals surface area contributed by atoms with Crippen molar-refractivity contribution in [3.8, 4) is 0 Å². The number of imide groups is 1. The third kappa shape index (κ3) is 10.9. The molecule has 0 aliphatic carbocycles. The van der Waals surface area contributed by atoms with Crippen molar-refractivity contribution >= 4 is 29.5 Å². The van der Waals surface area contributed by atoms with Crippen molar-refractivity contribution in [2.75, 3.05) is 6.54 Å². The summed E-state index contributed by atoms with van der Waals surface area (Å²) >= 11 is 0. The van der Waals surface area contributed by atoms with Crippen LogP contribution in [-0.2, 0) is 36.8 Å². The Labute approximate surface area is 254 Å². The lowest BCUT2D eigenvalue weighted by Gasteiger charge is -2.35. The molecule has 4 atom stereocenters. The van der Waals surface area contributed by atoms with Gasteiger partial charge in [0.25, 0.3) is 0 Å². The van der Waals surface area contributed by atoms with E-state index < -0.39 is 53.2 Å². The molecule has 232 valence electrons. The second-order valence-corrected chi connectivity index (χ2v) is 12.5. The van der Waals surface area contributed by atoms with E-state index in [9.17, 15) is 24.0 Å². The molecular weight excluding hydrogens is 546 g/mol. The highest BCUT2D eigenvalue weighted by atomic mass is 16.2. The van der Waals surface area contributed by atoms with Crippen LogP contribution in [0.1, 0.15) is 58.6 Å². The first-order valence-electron chi connectivity index (χ1n) is 14.9. The maximum absolute atomic E-state index is 14.0. The summed E-state index contributed by atoms with van der Waals surface area (Å²) in [4.78, 5) is 65.7. The van der Waals surface area contributed by atoms with Crippen molar-refractivity contribution in [1.82, 2.24) is 26.6 Å². The fraction of sp³-hybridized carbons (Fsp3) is 0.485. The van der Waals surface area contributed by atoms with Gasteiger partial charge in [-0.15, -0.1) is 0 Å². The van der Waals surface area contributed by atoms with Gasteiger partial charge in [-0.25, -0.2) is 0 Å². The molecule has 5 N–H and O–H groups in total. The Hall–Kier alpha value is -4.05. The zero-order valence-corrected chi connectivity index (χ0v) is 25.7. The van der Waals surface area contributed by atoms with Crippen LogP contribution in [0.25, 0.3) is 0 Å². The molecule has 1 fully saturated rings. The maximum atomic E-state index is 14.0. The highest BCUT2D eigenvalue weighted by Gasteiger charge is 2.38. The van der Waals surface area contributed by atoms with Crippen LogP contribution in [0.2, 0.25) is 0 Å². The number of carbonyl (C=O) groups excluding carboxylic acids is 5. The summed E-state index contributed by atoms with van der Waals surface area (Å²) in [5.41, 5.74) is 1.08. The fourth-order valence-electron chi connectivity index (χ4n) is 4.98. The summed E-state index contributed by atoms with van der Waals surface area (Å²) in [6.45, 7) is 9.50. The summed E-state index contributed by atoms with van der Waals surface area (Å²) in [6, 6.07) is 15.7. The standard InChI is InChI=1S/C33H45N5O5/c1-21(2)29(40)37-32(43)28(38-33(3,4)5)25(20-24-16-17-34-30(24)41)36-31(42)26(18-22-12-8-6-9-13-22)35-27(39)19-23-14-10-7-11-15-23/h6-15,21,24-26,28,38H,16-20H2,1-5H3,(H,34,41)(H,35,39)(H,36,42)(H,37,40,43)/t24-,25-,26-,28-/m0/s1. The molecule has 2 aromatic carbocycles. The van der Waals surface area contributed by atoms with Gasteiger partial charge in [0.15, 0.2) is 0 Å². The van der Waals surface area contributed by atoms with Crippen molar-refractivity contribution < 1.29 is 24.0 Å². The molecule has 0 unspecified atom stereocenters. The predicted octanol–water partition coefficient (Wildman–Crippen LogP) is 2.02. The highest BCUT2D eigenvalue weighted by molar-refractivity contribution is 5.99. The molecule has 0 spiro atoms. The molecule has 1 aliphatic rings. The Kier molecular flexibility index (Phi) is 12.0. The van der Waals surface area contributed by atoms with Gasteiger partial charge >= 0.3 is 0 Å². The van der Waals surface area contributed by atoms with Crippen LogP contribution in [0.15, 0.2) is 60.7 Å². The molecule has 0 saturated carbocycles. The monoisotopic (exact) mass is 591 g/mol. The largest absolute Gasteiger partial charge is 0.356 e. The third-order valence-corrected chi connectivity index (χ3v) is 7.21. The zero-order valence-electron chi connectivity index (χ0n) is 25.7. The number of benzene rings is 2. The average Bonchev–Trinajstić information content (AvgIpc) is 3.35. The summed E-state index contributed by atoms with van der Waals surface area (Å²) in [6.07, 6.45) is 1.05. The number of rotatable bonds is 13. The fourth-order valence-corrected chi connectivity index (χ4v) is 4.98. The van der Waals surface area contributed by atoms with Crippen LogP contribution in [0.3, 0.4) is 0 Å². The van der Waals surface area contributed by atoms with Crippen LogP contribution in [-0.4, -0.2) is 59.7 Å². The van der Waals surface area contributed by atoms with Crippen molar-refractivity contribution in [3.63, 3.8) is 0 Å². The third-order valence-electron chi connectivity index (χ3n) is 7.21. The molecule has 0 bridgehead atoms. The first-order valence-corrected chi connectivity index (χ1v) is 14.9. The van der Waals surface area contributed by atoms with Crippen LogP contribution in [0.5, 0.6) is 0 Å². The van der Waals surface area contributed by atoms with Gasteiger partial charge in [0.1, 0.15) is 12.1 Å². The van der Waals surface area contributed by atoms with Gasteiger partial charge in [0, 0.05) is 30.3 Å². The van der Waals surface area contributed by atoms with Gasteiger partial charge in [-0.2, -0.15) is 0 Å². The second kappa shape index (κ2) is 15.4.